The number of nitrogens with one attached hydrogen (secondary N) is 1. The Kier molecular flexibility index (Phi) is 4.00. The molecule has 0 spiro atoms. The van der Waals surface area contributed by atoms with Crippen molar-refractivity contribution in [2.24, 2.45) is 5.92 Å². The van der Waals surface area contributed by atoms with Crippen molar-refractivity contribution in [1.29, 1.82) is 0 Å². The number of halogens is 1. The average molecular weight is 246 g/mol. The predicted molar refractivity (Wildman–Crippen MR) is 57.7 cm³/mol. The van der Waals surface area contributed by atoms with Gasteiger partial charge in [-0.2, -0.15) is 0 Å². The molecule has 1 N–H and O–H groups in total. The Balaban J connectivity index is 2.49. The second-order valence-electron chi connectivity index (χ2n) is 3.66. The molecule has 1 heterocycles. The van der Waals surface area contributed by atoms with E-state index in [0.717, 1.165) is 16.8 Å². The predicted octanol–water partition coefficient (Wildman–Crippen LogP) is 3.35. The Morgan fingerprint density at radius 3 is 2.62 bits per heavy atom. The molecule has 1 unspecified atom stereocenters. The van der Waals surface area contributed by atoms with Crippen LogP contribution in [0.2, 0.25) is 0 Å². The van der Waals surface area contributed by atoms with Gasteiger partial charge in [0.15, 0.2) is 0 Å². The van der Waals surface area contributed by atoms with Crippen molar-refractivity contribution in [3.63, 3.8) is 0 Å². The van der Waals surface area contributed by atoms with Gasteiger partial charge in [0.25, 0.3) is 0 Å². The largest absolute Gasteiger partial charge is 0.466 e. The molecule has 0 saturated heterocycles. The second kappa shape index (κ2) is 4.82. The van der Waals surface area contributed by atoms with Gasteiger partial charge in [-0.25, -0.2) is 0 Å². The number of hydrogen-bond acceptors (Lipinski definition) is 2. The van der Waals surface area contributed by atoms with Crippen molar-refractivity contribution < 1.29 is 4.42 Å². The van der Waals surface area contributed by atoms with Crippen LogP contribution >= 0.6 is 15.9 Å². The Morgan fingerprint density at radius 2 is 2.15 bits per heavy atom. The molecule has 1 aromatic rings. The summed E-state index contributed by atoms with van der Waals surface area (Å²) in [4.78, 5) is 0. The zero-order valence-corrected chi connectivity index (χ0v) is 9.89. The molecule has 0 aliphatic heterocycles. The van der Waals surface area contributed by atoms with E-state index in [1.165, 1.54) is 0 Å². The van der Waals surface area contributed by atoms with E-state index in [2.05, 4.69) is 42.0 Å². The van der Waals surface area contributed by atoms with Gasteiger partial charge in [-0.1, -0.05) is 13.8 Å². The quantitative estimate of drug-likeness (QED) is 0.881. The second-order valence-corrected chi connectivity index (χ2v) is 4.51. The summed E-state index contributed by atoms with van der Waals surface area (Å²) in [5.41, 5.74) is 0. The van der Waals surface area contributed by atoms with E-state index >= 15 is 0 Å². The summed E-state index contributed by atoms with van der Waals surface area (Å²) in [5, 5.41) is 3.40. The zero-order valence-electron chi connectivity index (χ0n) is 8.30. The summed E-state index contributed by atoms with van der Waals surface area (Å²) in [7, 11) is 0. The summed E-state index contributed by atoms with van der Waals surface area (Å²) < 4.78 is 6.39. The Labute approximate surface area is 87.8 Å². The van der Waals surface area contributed by atoms with Gasteiger partial charge in [-0.05, 0) is 41.4 Å². The van der Waals surface area contributed by atoms with Gasteiger partial charge in [0.05, 0.1) is 16.8 Å². The van der Waals surface area contributed by atoms with Gasteiger partial charge in [-0.3, -0.25) is 0 Å². The van der Waals surface area contributed by atoms with Crippen molar-refractivity contribution in [1.82, 2.24) is 5.32 Å². The van der Waals surface area contributed by atoms with Crippen molar-refractivity contribution in [3.8, 4) is 0 Å². The Bertz CT molecular complexity index is 257. The molecule has 0 aromatic carbocycles. The van der Waals surface area contributed by atoms with Crippen LogP contribution in [0.3, 0.4) is 0 Å². The lowest BCUT2D eigenvalue weighted by Gasteiger charge is -2.13. The van der Waals surface area contributed by atoms with Crippen LogP contribution < -0.4 is 5.32 Å². The molecule has 74 valence electrons. The SMILES string of the molecule is CC(C)CNC(C)c1occc1Br. The first-order valence-electron chi connectivity index (χ1n) is 4.57. The van der Waals surface area contributed by atoms with Crippen LogP contribution in [0.25, 0.3) is 0 Å². The van der Waals surface area contributed by atoms with Gasteiger partial charge in [0, 0.05) is 0 Å². The molecule has 3 heteroatoms. The van der Waals surface area contributed by atoms with Crippen molar-refractivity contribution in [2.75, 3.05) is 6.54 Å². The normalized spacial score (nSPS) is 13.6. The lowest BCUT2D eigenvalue weighted by atomic mass is 10.2. The molecule has 2 nitrogen and oxygen atoms in total. The highest BCUT2D eigenvalue weighted by atomic mass is 79.9. The van der Waals surface area contributed by atoms with E-state index in [1.54, 1.807) is 6.26 Å². The molecule has 1 atom stereocenters. The van der Waals surface area contributed by atoms with Crippen LogP contribution in [0.4, 0.5) is 0 Å². The summed E-state index contributed by atoms with van der Waals surface area (Å²) >= 11 is 3.44. The van der Waals surface area contributed by atoms with E-state index in [0.29, 0.717) is 5.92 Å². The molecule has 1 rings (SSSR count). The standard InChI is InChI=1S/C10H16BrNO/c1-7(2)6-12-8(3)10-9(11)4-5-13-10/h4-5,7-8,12H,6H2,1-3H3. The average Bonchev–Trinajstić information content (AvgIpc) is 2.47. The van der Waals surface area contributed by atoms with Crippen molar-refractivity contribution >= 4 is 15.9 Å². The fourth-order valence-electron chi connectivity index (χ4n) is 1.12. The van der Waals surface area contributed by atoms with Crippen LogP contribution in [0, 0.1) is 5.92 Å². The third kappa shape index (κ3) is 3.16. The van der Waals surface area contributed by atoms with Gasteiger partial charge in [-0.15, -0.1) is 0 Å². The summed E-state index contributed by atoms with van der Waals surface area (Å²) in [6.07, 6.45) is 1.70. The fourth-order valence-corrected chi connectivity index (χ4v) is 1.66. The molecule has 13 heavy (non-hydrogen) atoms. The van der Waals surface area contributed by atoms with Crippen LogP contribution in [-0.2, 0) is 0 Å². The number of furan rings is 1. The highest BCUT2D eigenvalue weighted by Crippen LogP contribution is 2.23. The maximum Gasteiger partial charge on any atom is 0.134 e. The maximum absolute atomic E-state index is 5.35. The monoisotopic (exact) mass is 245 g/mol. The molecule has 0 aliphatic carbocycles. The molecular formula is C10H16BrNO. The first-order chi connectivity index (χ1) is 6.11. The maximum atomic E-state index is 5.35. The van der Waals surface area contributed by atoms with Gasteiger partial charge in [0.2, 0.25) is 0 Å². The van der Waals surface area contributed by atoms with Crippen LogP contribution in [0.1, 0.15) is 32.6 Å². The Morgan fingerprint density at radius 1 is 1.46 bits per heavy atom. The molecule has 0 fully saturated rings. The summed E-state index contributed by atoms with van der Waals surface area (Å²) in [5.74, 6) is 1.64. The molecule has 0 bridgehead atoms. The van der Waals surface area contributed by atoms with E-state index in [-0.39, 0.29) is 6.04 Å². The molecule has 0 saturated carbocycles. The molecule has 1 aromatic heterocycles. The van der Waals surface area contributed by atoms with Crippen LogP contribution in [-0.4, -0.2) is 6.54 Å². The van der Waals surface area contributed by atoms with Crippen molar-refractivity contribution in [2.45, 2.75) is 26.8 Å². The third-order valence-electron chi connectivity index (χ3n) is 1.87. The lowest BCUT2D eigenvalue weighted by molar-refractivity contribution is 0.410. The minimum Gasteiger partial charge on any atom is -0.466 e. The van der Waals surface area contributed by atoms with Crippen LogP contribution in [0.5, 0.6) is 0 Å². The van der Waals surface area contributed by atoms with Gasteiger partial charge >= 0.3 is 0 Å². The van der Waals surface area contributed by atoms with E-state index in [4.69, 9.17) is 4.42 Å². The highest BCUT2D eigenvalue weighted by molar-refractivity contribution is 9.10. The number of hydrogen-bond donors (Lipinski definition) is 1. The third-order valence-corrected chi connectivity index (χ3v) is 2.53. The highest BCUT2D eigenvalue weighted by Gasteiger charge is 2.11. The van der Waals surface area contributed by atoms with Gasteiger partial charge in [0.1, 0.15) is 5.76 Å². The smallest absolute Gasteiger partial charge is 0.134 e. The van der Waals surface area contributed by atoms with Crippen LogP contribution in [0.15, 0.2) is 21.2 Å². The molecule has 0 aliphatic rings. The minimum absolute atomic E-state index is 0.270. The summed E-state index contributed by atoms with van der Waals surface area (Å²) in [6.45, 7) is 7.49. The first-order valence-corrected chi connectivity index (χ1v) is 5.37. The lowest BCUT2D eigenvalue weighted by Crippen LogP contribution is -2.23. The fraction of sp³-hybridized carbons (Fsp3) is 0.600. The van der Waals surface area contributed by atoms with E-state index in [1.807, 2.05) is 6.07 Å². The zero-order chi connectivity index (χ0) is 9.84. The van der Waals surface area contributed by atoms with E-state index < -0.39 is 0 Å². The van der Waals surface area contributed by atoms with E-state index in [9.17, 15) is 0 Å². The molecular weight excluding hydrogens is 230 g/mol. The Hall–Kier alpha value is -0.280. The minimum atomic E-state index is 0.270. The first kappa shape index (κ1) is 10.8. The summed E-state index contributed by atoms with van der Waals surface area (Å²) in [6, 6.07) is 2.19. The van der Waals surface area contributed by atoms with Gasteiger partial charge < -0.3 is 9.73 Å². The topological polar surface area (TPSA) is 25.2 Å². The number of rotatable bonds is 4. The molecule has 0 amide bonds. The van der Waals surface area contributed by atoms with Crippen molar-refractivity contribution in [3.05, 3.63) is 22.6 Å². The molecule has 0 radical (unpaired) electrons.